The van der Waals surface area contributed by atoms with E-state index in [1.807, 2.05) is 32.3 Å². The van der Waals surface area contributed by atoms with E-state index in [0.29, 0.717) is 12.2 Å². The molecule has 3 N–H and O–H groups in total. The standard InChI is InChI=1S/C19H25N5O2/c1-13-7-8-16(9-17(13)23-18(25)15-5-3-4-6-15)22-19(26)20-10-14-11-21-24(2)12-14/h7-9,11-12,15H,3-6,10H2,1-2H3,(H,23,25)(H2,20,22,26). The van der Waals surface area contributed by atoms with Gasteiger partial charge in [-0.05, 0) is 37.5 Å². The molecule has 7 nitrogen and oxygen atoms in total. The molecule has 0 unspecified atom stereocenters. The smallest absolute Gasteiger partial charge is 0.319 e. The van der Waals surface area contributed by atoms with E-state index in [9.17, 15) is 9.59 Å². The molecule has 1 fully saturated rings. The van der Waals surface area contributed by atoms with Gasteiger partial charge >= 0.3 is 6.03 Å². The molecule has 1 aromatic heterocycles. The summed E-state index contributed by atoms with van der Waals surface area (Å²) in [7, 11) is 1.83. The van der Waals surface area contributed by atoms with Gasteiger partial charge in [-0.25, -0.2) is 4.79 Å². The molecule has 0 spiro atoms. The molecule has 3 rings (SSSR count). The Bertz CT molecular complexity index is 793. The van der Waals surface area contributed by atoms with Crippen LogP contribution in [-0.2, 0) is 18.4 Å². The van der Waals surface area contributed by atoms with Crippen LogP contribution < -0.4 is 16.0 Å². The van der Waals surface area contributed by atoms with Crippen molar-refractivity contribution in [1.29, 1.82) is 0 Å². The molecule has 3 amide bonds. The van der Waals surface area contributed by atoms with Gasteiger partial charge < -0.3 is 16.0 Å². The van der Waals surface area contributed by atoms with E-state index < -0.39 is 0 Å². The molecule has 0 bridgehead atoms. The minimum absolute atomic E-state index is 0.0729. The van der Waals surface area contributed by atoms with Crippen LogP contribution in [0, 0.1) is 12.8 Å². The Kier molecular flexibility index (Phi) is 5.55. The van der Waals surface area contributed by atoms with Gasteiger partial charge in [0.25, 0.3) is 0 Å². The van der Waals surface area contributed by atoms with E-state index in [-0.39, 0.29) is 17.9 Å². The van der Waals surface area contributed by atoms with Gasteiger partial charge in [-0.3, -0.25) is 9.48 Å². The summed E-state index contributed by atoms with van der Waals surface area (Å²) in [5.74, 6) is 0.178. The summed E-state index contributed by atoms with van der Waals surface area (Å²) in [5.41, 5.74) is 3.28. The molecule has 0 atom stereocenters. The number of aryl methyl sites for hydroxylation is 2. The topological polar surface area (TPSA) is 88.1 Å². The number of anilines is 2. The van der Waals surface area contributed by atoms with Crippen LogP contribution >= 0.6 is 0 Å². The summed E-state index contributed by atoms with van der Waals surface area (Å²) in [6, 6.07) is 5.21. The van der Waals surface area contributed by atoms with Gasteiger partial charge in [-0.15, -0.1) is 0 Å². The lowest BCUT2D eigenvalue weighted by Crippen LogP contribution is -2.28. The van der Waals surface area contributed by atoms with Crippen molar-refractivity contribution in [3.63, 3.8) is 0 Å². The van der Waals surface area contributed by atoms with Gasteiger partial charge in [-0.2, -0.15) is 5.10 Å². The van der Waals surface area contributed by atoms with Crippen LogP contribution in [0.25, 0.3) is 0 Å². The molecular formula is C19H25N5O2. The number of hydrogen-bond acceptors (Lipinski definition) is 3. The van der Waals surface area contributed by atoms with Gasteiger partial charge in [0, 0.05) is 42.6 Å². The van der Waals surface area contributed by atoms with Crippen LogP contribution in [0.3, 0.4) is 0 Å². The predicted molar refractivity (Wildman–Crippen MR) is 101 cm³/mol. The first-order valence-corrected chi connectivity index (χ1v) is 8.95. The molecule has 26 heavy (non-hydrogen) atoms. The fraction of sp³-hybridized carbons (Fsp3) is 0.421. The highest BCUT2D eigenvalue weighted by Gasteiger charge is 2.23. The predicted octanol–water partition coefficient (Wildman–Crippen LogP) is 3.18. The second-order valence-corrected chi connectivity index (χ2v) is 6.83. The zero-order valence-corrected chi connectivity index (χ0v) is 15.2. The lowest BCUT2D eigenvalue weighted by molar-refractivity contribution is -0.119. The van der Waals surface area contributed by atoms with Gasteiger partial charge in [0.1, 0.15) is 0 Å². The van der Waals surface area contributed by atoms with Crippen LogP contribution in [-0.4, -0.2) is 21.7 Å². The maximum atomic E-state index is 12.3. The minimum Gasteiger partial charge on any atom is -0.334 e. The van der Waals surface area contributed by atoms with Gasteiger partial charge in [-0.1, -0.05) is 18.9 Å². The average molecular weight is 355 g/mol. The molecule has 1 aliphatic rings. The molecule has 1 aliphatic carbocycles. The number of amides is 3. The van der Waals surface area contributed by atoms with Gasteiger partial charge in [0.05, 0.1) is 6.20 Å². The molecule has 2 aromatic rings. The number of nitrogens with zero attached hydrogens (tertiary/aromatic N) is 2. The second kappa shape index (κ2) is 8.03. The van der Waals surface area contributed by atoms with Crippen molar-refractivity contribution < 1.29 is 9.59 Å². The summed E-state index contributed by atoms with van der Waals surface area (Å²) < 4.78 is 1.69. The molecule has 0 aliphatic heterocycles. The number of rotatable bonds is 5. The Hall–Kier alpha value is -2.83. The lowest BCUT2D eigenvalue weighted by atomic mass is 10.1. The van der Waals surface area contributed by atoms with E-state index in [1.165, 1.54) is 0 Å². The molecule has 0 saturated heterocycles. The highest BCUT2D eigenvalue weighted by atomic mass is 16.2. The third kappa shape index (κ3) is 4.62. The number of urea groups is 1. The molecule has 7 heteroatoms. The maximum Gasteiger partial charge on any atom is 0.319 e. The fourth-order valence-corrected chi connectivity index (χ4v) is 3.18. The zero-order valence-electron chi connectivity index (χ0n) is 15.2. The van der Waals surface area contributed by atoms with Crippen LogP contribution in [0.2, 0.25) is 0 Å². The Balaban J connectivity index is 1.57. The average Bonchev–Trinajstić information content (AvgIpc) is 3.28. The van der Waals surface area contributed by atoms with E-state index in [1.54, 1.807) is 16.9 Å². The Labute approximate surface area is 153 Å². The van der Waals surface area contributed by atoms with Crippen LogP contribution in [0.15, 0.2) is 30.6 Å². The van der Waals surface area contributed by atoms with Crippen LogP contribution in [0.5, 0.6) is 0 Å². The molecule has 1 saturated carbocycles. The summed E-state index contributed by atoms with van der Waals surface area (Å²) >= 11 is 0. The highest BCUT2D eigenvalue weighted by molar-refractivity contribution is 5.95. The van der Waals surface area contributed by atoms with Crippen molar-refractivity contribution >= 4 is 23.3 Å². The van der Waals surface area contributed by atoms with Gasteiger partial charge in [0.2, 0.25) is 5.91 Å². The van der Waals surface area contributed by atoms with Crippen LogP contribution in [0.1, 0.15) is 36.8 Å². The van der Waals surface area contributed by atoms with Crippen molar-refractivity contribution in [2.45, 2.75) is 39.2 Å². The molecule has 1 aromatic carbocycles. The molecular weight excluding hydrogens is 330 g/mol. The largest absolute Gasteiger partial charge is 0.334 e. The summed E-state index contributed by atoms with van der Waals surface area (Å²) in [5, 5.41) is 12.7. The number of carbonyl (C=O) groups is 2. The zero-order chi connectivity index (χ0) is 18.5. The Morgan fingerprint density at radius 1 is 1.23 bits per heavy atom. The fourth-order valence-electron chi connectivity index (χ4n) is 3.18. The monoisotopic (exact) mass is 355 g/mol. The molecule has 138 valence electrons. The highest BCUT2D eigenvalue weighted by Crippen LogP contribution is 2.27. The van der Waals surface area contributed by atoms with E-state index in [0.717, 1.165) is 42.5 Å². The van der Waals surface area contributed by atoms with Gasteiger partial charge in [0.15, 0.2) is 0 Å². The van der Waals surface area contributed by atoms with Crippen molar-refractivity contribution in [2.75, 3.05) is 10.6 Å². The van der Waals surface area contributed by atoms with Crippen molar-refractivity contribution in [3.05, 3.63) is 41.7 Å². The van der Waals surface area contributed by atoms with Crippen molar-refractivity contribution in [3.8, 4) is 0 Å². The number of nitrogens with one attached hydrogen (secondary N) is 3. The Morgan fingerprint density at radius 3 is 2.69 bits per heavy atom. The van der Waals surface area contributed by atoms with E-state index in [2.05, 4.69) is 21.0 Å². The SMILES string of the molecule is Cc1ccc(NC(=O)NCc2cnn(C)c2)cc1NC(=O)C1CCCC1. The molecule has 0 radical (unpaired) electrons. The number of benzene rings is 1. The summed E-state index contributed by atoms with van der Waals surface area (Å²) in [6.45, 7) is 2.34. The third-order valence-electron chi connectivity index (χ3n) is 4.69. The number of carbonyl (C=O) groups excluding carboxylic acids is 2. The first-order valence-electron chi connectivity index (χ1n) is 8.95. The quantitative estimate of drug-likeness (QED) is 0.770. The van der Waals surface area contributed by atoms with Crippen molar-refractivity contribution in [1.82, 2.24) is 15.1 Å². The molecule has 1 heterocycles. The van der Waals surface area contributed by atoms with E-state index in [4.69, 9.17) is 0 Å². The normalized spacial score (nSPS) is 14.2. The third-order valence-corrected chi connectivity index (χ3v) is 4.69. The summed E-state index contributed by atoms with van der Waals surface area (Å²) in [6.07, 6.45) is 7.72. The number of hydrogen-bond donors (Lipinski definition) is 3. The lowest BCUT2D eigenvalue weighted by Gasteiger charge is -2.14. The second-order valence-electron chi connectivity index (χ2n) is 6.83. The first-order chi connectivity index (χ1) is 12.5. The van der Waals surface area contributed by atoms with Crippen LogP contribution in [0.4, 0.5) is 16.2 Å². The maximum absolute atomic E-state index is 12.3. The van der Waals surface area contributed by atoms with E-state index >= 15 is 0 Å². The van der Waals surface area contributed by atoms with Crippen molar-refractivity contribution in [2.24, 2.45) is 13.0 Å². The number of aromatic nitrogens is 2. The first kappa shape index (κ1) is 18.0. The summed E-state index contributed by atoms with van der Waals surface area (Å²) in [4.78, 5) is 24.4. The Morgan fingerprint density at radius 2 is 2.00 bits per heavy atom. The minimum atomic E-state index is -0.300.